The molecule has 3 nitrogen and oxygen atoms in total. The van der Waals surface area contributed by atoms with E-state index in [0.717, 1.165) is 52.3 Å². The Kier molecular flexibility index (Phi) is 6.74. The van der Waals surface area contributed by atoms with Gasteiger partial charge in [-0.05, 0) is 42.7 Å². The molecule has 1 heterocycles. The Morgan fingerprint density at radius 1 is 1.00 bits per heavy atom. The molecule has 0 bridgehead atoms. The van der Waals surface area contributed by atoms with Gasteiger partial charge in [0.15, 0.2) is 0 Å². The van der Waals surface area contributed by atoms with Crippen LogP contribution in [0.4, 0.5) is 5.69 Å². The summed E-state index contributed by atoms with van der Waals surface area (Å²) in [5, 5.41) is 3.44. The lowest BCUT2D eigenvalue weighted by Crippen LogP contribution is -2.13. The minimum atomic E-state index is 0.625. The van der Waals surface area contributed by atoms with Gasteiger partial charge in [-0.25, -0.2) is 0 Å². The highest BCUT2D eigenvalue weighted by Gasteiger charge is 2.13. The number of aromatic nitrogens is 1. The standard InChI is InChI=1S/C25H27N3/c1-4-11-19(2)28-24-16-10-15-23(21-12-6-5-7-13-21)25(24)20(3)27-18-22-14-8-9-17-26-22/h5-10,12-17,27H,3-4,11,18H2,1-2H3. The molecule has 1 N–H and O–H groups in total. The lowest BCUT2D eigenvalue weighted by Gasteiger charge is -2.17. The molecule has 3 aromatic rings. The zero-order valence-electron chi connectivity index (χ0n) is 16.7. The largest absolute Gasteiger partial charge is 0.379 e. The number of nitrogens with one attached hydrogen (secondary N) is 1. The molecule has 0 aliphatic rings. The van der Waals surface area contributed by atoms with Crippen LogP contribution in [-0.2, 0) is 6.54 Å². The fourth-order valence-corrected chi connectivity index (χ4v) is 3.22. The molecule has 28 heavy (non-hydrogen) atoms. The lowest BCUT2D eigenvalue weighted by molar-refractivity contribution is 0.855. The molecule has 0 spiro atoms. The Balaban J connectivity index is 1.99. The summed E-state index contributed by atoms with van der Waals surface area (Å²) in [6.45, 7) is 9.22. The van der Waals surface area contributed by atoms with E-state index < -0.39 is 0 Å². The van der Waals surface area contributed by atoms with Gasteiger partial charge >= 0.3 is 0 Å². The van der Waals surface area contributed by atoms with Crippen molar-refractivity contribution in [3.63, 3.8) is 0 Å². The van der Waals surface area contributed by atoms with Crippen LogP contribution in [0.25, 0.3) is 16.8 Å². The van der Waals surface area contributed by atoms with Crippen LogP contribution in [0.3, 0.4) is 0 Å². The van der Waals surface area contributed by atoms with Crippen molar-refractivity contribution in [3.05, 3.63) is 90.8 Å². The van der Waals surface area contributed by atoms with E-state index in [0.29, 0.717) is 6.54 Å². The fraction of sp³-hybridized carbons (Fsp3) is 0.200. The number of pyridine rings is 1. The first kappa shape index (κ1) is 19.6. The zero-order valence-corrected chi connectivity index (χ0v) is 16.7. The van der Waals surface area contributed by atoms with E-state index in [2.05, 4.69) is 73.2 Å². The van der Waals surface area contributed by atoms with Gasteiger partial charge < -0.3 is 5.32 Å². The van der Waals surface area contributed by atoms with Crippen LogP contribution in [-0.4, -0.2) is 10.7 Å². The van der Waals surface area contributed by atoms with Crippen molar-refractivity contribution in [2.45, 2.75) is 33.2 Å². The molecule has 0 aliphatic carbocycles. The molecule has 0 amide bonds. The molecular formula is C25H27N3. The summed E-state index contributed by atoms with van der Waals surface area (Å²) in [6, 6.07) is 22.6. The molecule has 3 rings (SSSR count). The lowest BCUT2D eigenvalue weighted by atomic mass is 9.96. The van der Waals surface area contributed by atoms with Gasteiger partial charge in [-0.3, -0.25) is 9.98 Å². The molecule has 0 saturated heterocycles. The van der Waals surface area contributed by atoms with Gasteiger partial charge in [0.05, 0.1) is 17.9 Å². The predicted octanol–water partition coefficient (Wildman–Crippen LogP) is 6.40. The van der Waals surface area contributed by atoms with Crippen LogP contribution in [0.15, 0.2) is 84.5 Å². The van der Waals surface area contributed by atoms with Gasteiger partial charge in [-0.2, -0.15) is 0 Å². The zero-order chi connectivity index (χ0) is 19.8. The fourth-order valence-electron chi connectivity index (χ4n) is 3.22. The van der Waals surface area contributed by atoms with E-state index in [-0.39, 0.29) is 0 Å². The van der Waals surface area contributed by atoms with Gasteiger partial charge in [0.1, 0.15) is 0 Å². The predicted molar refractivity (Wildman–Crippen MR) is 120 cm³/mol. The number of nitrogens with zero attached hydrogens (tertiary/aromatic N) is 2. The van der Waals surface area contributed by atoms with Gasteiger partial charge in [-0.1, -0.05) is 68.5 Å². The average Bonchev–Trinajstić information content (AvgIpc) is 2.73. The van der Waals surface area contributed by atoms with Gasteiger partial charge in [-0.15, -0.1) is 0 Å². The van der Waals surface area contributed by atoms with Crippen molar-refractivity contribution >= 4 is 17.1 Å². The van der Waals surface area contributed by atoms with Crippen LogP contribution in [0.2, 0.25) is 0 Å². The minimum absolute atomic E-state index is 0.625. The second kappa shape index (κ2) is 9.65. The third-order valence-electron chi connectivity index (χ3n) is 4.56. The molecule has 0 aliphatic heterocycles. The summed E-state index contributed by atoms with van der Waals surface area (Å²) in [6.07, 6.45) is 3.88. The van der Waals surface area contributed by atoms with Crippen LogP contribution in [0, 0.1) is 0 Å². The summed E-state index contributed by atoms with van der Waals surface area (Å²) in [5.41, 5.74) is 7.24. The van der Waals surface area contributed by atoms with Crippen molar-refractivity contribution in [1.82, 2.24) is 10.3 Å². The minimum Gasteiger partial charge on any atom is -0.379 e. The average molecular weight is 370 g/mol. The van der Waals surface area contributed by atoms with Crippen LogP contribution in [0.1, 0.15) is 37.9 Å². The number of aliphatic imine (C=N–C) groups is 1. The van der Waals surface area contributed by atoms with Crippen LogP contribution in [0.5, 0.6) is 0 Å². The number of hydrogen-bond acceptors (Lipinski definition) is 3. The summed E-state index contributed by atoms with van der Waals surface area (Å²) < 4.78 is 0. The molecule has 142 valence electrons. The molecule has 0 atom stereocenters. The van der Waals surface area contributed by atoms with Crippen molar-refractivity contribution in [2.24, 2.45) is 4.99 Å². The first-order valence-electron chi connectivity index (χ1n) is 9.74. The normalized spacial score (nSPS) is 11.3. The number of rotatable bonds is 8. The maximum Gasteiger partial charge on any atom is 0.0728 e. The molecule has 0 saturated carbocycles. The first-order chi connectivity index (χ1) is 13.7. The van der Waals surface area contributed by atoms with Gasteiger partial charge in [0.2, 0.25) is 0 Å². The van der Waals surface area contributed by atoms with E-state index in [1.54, 1.807) is 0 Å². The summed E-state index contributed by atoms with van der Waals surface area (Å²) >= 11 is 0. The second-order valence-electron chi connectivity index (χ2n) is 6.82. The van der Waals surface area contributed by atoms with Crippen molar-refractivity contribution in [1.29, 1.82) is 0 Å². The molecule has 1 aromatic heterocycles. The van der Waals surface area contributed by atoms with E-state index >= 15 is 0 Å². The van der Waals surface area contributed by atoms with E-state index in [1.165, 1.54) is 0 Å². The first-order valence-corrected chi connectivity index (χ1v) is 9.74. The molecule has 2 aromatic carbocycles. The summed E-state index contributed by atoms with van der Waals surface area (Å²) in [5.74, 6) is 0. The Morgan fingerprint density at radius 3 is 2.50 bits per heavy atom. The van der Waals surface area contributed by atoms with E-state index in [9.17, 15) is 0 Å². The maximum atomic E-state index is 4.91. The SMILES string of the molecule is C=C(NCc1ccccn1)c1c(N=C(C)CCC)cccc1-c1ccccc1. The molecule has 3 heteroatoms. The van der Waals surface area contributed by atoms with Crippen LogP contribution < -0.4 is 5.32 Å². The third kappa shape index (κ3) is 4.95. The highest BCUT2D eigenvalue weighted by molar-refractivity contribution is 5.91. The maximum absolute atomic E-state index is 4.91. The monoisotopic (exact) mass is 369 g/mol. The van der Waals surface area contributed by atoms with Crippen molar-refractivity contribution in [2.75, 3.05) is 0 Å². The van der Waals surface area contributed by atoms with Gasteiger partial charge in [0.25, 0.3) is 0 Å². The van der Waals surface area contributed by atoms with Crippen molar-refractivity contribution < 1.29 is 0 Å². The third-order valence-corrected chi connectivity index (χ3v) is 4.56. The Morgan fingerprint density at radius 2 is 1.79 bits per heavy atom. The Hall–Kier alpha value is -3.20. The summed E-state index contributed by atoms with van der Waals surface area (Å²) in [7, 11) is 0. The van der Waals surface area contributed by atoms with Gasteiger partial charge in [0, 0.05) is 23.2 Å². The van der Waals surface area contributed by atoms with Crippen molar-refractivity contribution in [3.8, 4) is 11.1 Å². The molecule has 0 fully saturated rings. The highest BCUT2D eigenvalue weighted by atomic mass is 14.9. The smallest absolute Gasteiger partial charge is 0.0728 e. The molecular weight excluding hydrogens is 342 g/mol. The quantitative estimate of drug-likeness (QED) is 0.466. The van der Waals surface area contributed by atoms with E-state index in [4.69, 9.17) is 4.99 Å². The van der Waals surface area contributed by atoms with Crippen LogP contribution >= 0.6 is 0 Å². The Labute approximate surface area is 167 Å². The summed E-state index contributed by atoms with van der Waals surface area (Å²) in [4.78, 5) is 9.30. The highest BCUT2D eigenvalue weighted by Crippen LogP contribution is 2.35. The Bertz CT molecular complexity index is 944. The van der Waals surface area contributed by atoms with E-state index in [1.807, 2.05) is 30.5 Å². The molecule has 0 unspecified atom stereocenters. The number of benzene rings is 2. The molecule has 0 radical (unpaired) electrons. The second-order valence-corrected chi connectivity index (χ2v) is 6.82. The number of hydrogen-bond donors (Lipinski definition) is 1. The topological polar surface area (TPSA) is 37.3 Å².